The summed E-state index contributed by atoms with van der Waals surface area (Å²) in [5, 5.41) is 2.62. The summed E-state index contributed by atoms with van der Waals surface area (Å²) in [5.41, 5.74) is 0.712. The molecule has 1 atom stereocenters. The van der Waals surface area contributed by atoms with E-state index in [0.29, 0.717) is 17.1 Å². The van der Waals surface area contributed by atoms with Gasteiger partial charge in [-0.1, -0.05) is 25.0 Å². The SMILES string of the molecule is COc1cccc(N2C(=O)[C@H](CC(=O)Nc3cccc(F)c3)N(C3CCCC3)C2=O)c1. The van der Waals surface area contributed by atoms with Gasteiger partial charge >= 0.3 is 6.03 Å². The third-order valence-corrected chi connectivity index (χ3v) is 5.77. The van der Waals surface area contributed by atoms with E-state index in [2.05, 4.69) is 5.32 Å². The third kappa shape index (κ3) is 4.23. The predicted molar refractivity (Wildman–Crippen MR) is 113 cm³/mol. The van der Waals surface area contributed by atoms with Gasteiger partial charge in [-0.3, -0.25) is 9.59 Å². The molecule has 0 radical (unpaired) electrons. The van der Waals surface area contributed by atoms with Gasteiger partial charge in [0.2, 0.25) is 5.91 Å². The van der Waals surface area contributed by atoms with Crippen molar-refractivity contribution in [2.45, 2.75) is 44.2 Å². The zero-order valence-corrected chi connectivity index (χ0v) is 17.2. The molecule has 4 rings (SSSR count). The minimum absolute atomic E-state index is 0.0842. The molecule has 2 aliphatic rings. The van der Waals surface area contributed by atoms with Crippen molar-refractivity contribution in [3.05, 3.63) is 54.3 Å². The Morgan fingerprint density at radius 2 is 1.87 bits per heavy atom. The Balaban J connectivity index is 1.59. The highest BCUT2D eigenvalue weighted by Crippen LogP contribution is 2.35. The number of carbonyl (C=O) groups is 3. The van der Waals surface area contributed by atoms with E-state index >= 15 is 0 Å². The lowest BCUT2D eigenvalue weighted by Gasteiger charge is -2.27. The topological polar surface area (TPSA) is 79.0 Å². The number of hydrogen-bond donors (Lipinski definition) is 1. The molecule has 0 bridgehead atoms. The fraction of sp³-hybridized carbons (Fsp3) is 0.348. The number of nitrogens with one attached hydrogen (secondary N) is 1. The van der Waals surface area contributed by atoms with Crippen LogP contribution in [0.5, 0.6) is 5.75 Å². The number of methoxy groups -OCH3 is 1. The van der Waals surface area contributed by atoms with Gasteiger partial charge in [-0.25, -0.2) is 14.1 Å². The summed E-state index contributed by atoms with van der Waals surface area (Å²) in [7, 11) is 1.51. The summed E-state index contributed by atoms with van der Waals surface area (Å²) >= 11 is 0. The Hall–Kier alpha value is -3.42. The van der Waals surface area contributed by atoms with Gasteiger partial charge in [0, 0.05) is 17.8 Å². The lowest BCUT2D eigenvalue weighted by molar-refractivity contribution is -0.124. The summed E-state index contributed by atoms with van der Waals surface area (Å²) in [6, 6.07) is 10.9. The zero-order chi connectivity index (χ0) is 22.0. The molecule has 0 aromatic heterocycles. The number of rotatable bonds is 6. The maximum absolute atomic E-state index is 13.4. The van der Waals surface area contributed by atoms with Gasteiger partial charge in [0.15, 0.2) is 0 Å². The molecule has 1 saturated heterocycles. The van der Waals surface area contributed by atoms with Crippen LogP contribution < -0.4 is 15.0 Å². The first-order chi connectivity index (χ1) is 15.0. The number of nitrogens with zero attached hydrogens (tertiary/aromatic N) is 2. The first-order valence-electron chi connectivity index (χ1n) is 10.3. The molecule has 2 aromatic rings. The van der Waals surface area contributed by atoms with Crippen molar-refractivity contribution < 1.29 is 23.5 Å². The normalized spacial score (nSPS) is 19.2. The van der Waals surface area contributed by atoms with Crippen molar-refractivity contribution in [2.75, 3.05) is 17.3 Å². The number of amides is 4. The second-order valence-corrected chi connectivity index (χ2v) is 7.78. The van der Waals surface area contributed by atoms with E-state index < -0.39 is 29.7 Å². The average molecular weight is 425 g/mol. The van der Waals surface area contributed by atoms with Gasteiger partial charge in [-0.2, -0.15) is 0 Å². The third-order valence-electron chi connectivity index (χ3n) is 5.77. The second-order valence-electron chi connectivity index (χ2n) is 7.78. The molecule has 1 aliphatic carbocycles. The zero-order valence-electron chi connectivity index (χ0n) is 17.2. The predicted octanol–water partition coefficient (Wildman–Crippen LogP) is 3.94. The maximum Gasteiger partial charge on any atom is 0.332 e. The molecule has 7 nitrogen and oxygen atoms in total. The van der Waals surface area contributed by atoms with E-state index in [4.69, 9.17) is 4.74 Å². The number of hydrogen-bond acceptors (Lipinski definition) is 4. The van der Waals surface area contributed by atoms with Crippen LogP contribution in [0, 0.1) is 5.82 Å². The molecule has 31 heavy (non-hydrogen) atoms. The largest absolute Gasteiger partial charge is 0.497 e. The number of halogens is 1. The Morgan fingerprint density at radius 3 is 2.58 bits per heavy atom. The minimum atomic E-state index is -0.907. The number of anilines is 2. The van der Waals surface area contributed by atoms with E-state index in [9.17, 15) is 18.8 Å². The number of imide groups is 1. The van der Waals surface area contributed by atoms with Crippen LogP contribution in [-0.4, -0.2) is 41.9 Å². The minimum Gasteiger partial charge on any atom is -0.497 e. The molecule has 162 valence electrons. The van der Waals surface area contributed by atoms with Crippen molar-refractivity contribution in [1.29, 1.82) is 0 Å². The molecule has 2 aromatic carbocycles. The average Bonchev–Trinajstić information content (AvgIpc) is 3.35. The molecule has 0 spiro atoms. The van der Waals surface area contributed by atoms with Gasteiger partial charge in [0.25, 0.3) is 5.91 Å². The summed E-state index contributed by atoms with van der Waals surface area (Å²) in [6.07, 6.45) is 3.35. The number of urea groups is 1. The van der Waals surface area contributed by atoms with E-state index in [0.717, 1.165) is 30.6 Å². The summed E-state index contributed by atoms with van der Waals surface area (Å²) in [4.78, 5) is 42.0. The smallest absolute Gasteiger partial charge is 0.332 e. The molecule has 1 heterocycles. The standard InChI is InChI=1S/C23H24FN3O4/c1-31-19-11-5-10-18(13-19)27-22(29)20(26(23(27)30)17-8-2-3-9-17)14-21(28)25-16-7-4-6-15(24)12-16/h4-7,10-13,17,20H,2-3,8-9,14H2,1H3,(H,25,28)/t20-/m0/s1. The summed E-state index contributed by atoms with van der Waals surface area (Å²) in [6.45, 7) is 0. The lowest BCUT2D eigenvalue weighted by Crippen LogP contribution is -2.43. The quantitative estimate of drug-likeness (QED) is 0.711. The van der Waals surface area contributed by atoms with E-state index in [1.807, 2.05) is 0 Å². The van der Waals surface area contributed by atoms with Crippen LogP contribution in [0.2, 0.25) is 0 Å². The highest BCUT2D eigenvalue weighted by atomic mass is 19.1. The van der Waals surface area contributed by atoms with Gasteiger partial charge in [-0.15, -0.1) is 0 Å². The Kier molecular flexibility index (Phi) is 5.88. The van der Waals surface area contributed by atoms with Gasteiger partial charge in [0.05, 0.1) is 19.2 Å². The van der Waals surface area contributed by atoms with Crippen molar-refractivity contribution in [3.63, 3.8) is 0 Å². The van der Waals surface area contributed by atoms with Crippen LogP contribution in [-0.2, 0) is 9.59 Å². The fourth-order valence-electron chi connectivity index (χ4n) is 4.33. The monoisotopic (exact) mass is 425 g/mol. The van der Waals surface area contributed by atoms with E-state index in [-0.39, 0.29) is 12.5 Å². The summed E-state index contributed by atoms with van der Waals surface area (Å²) in [5.74, 6) is -0.841. The molecule has 1 aliphatic heterocycles. The molecule has 8 heteroatoms. The van der Waals surface area contributed by atoms with Crippen molar-refractivity contribution in [1.82, 2.24) is 4.90 Å². The Labute approximate surface area is 179 Å². The van der Waals surface area contributed by atoms with Crippen LogP contribution in [0.1, 0.15) is 32.1 Å². The Morgan fingerprint density at radius 1 is 1.13 bits per heavy atom. The molecule has 4 amide bonds. The van der Waals surface area contributed by atoms with Crippen molar-refractivity contribution >= 4 is 29.2 Å². The van der Waals surface area contributed by atoms with Gasteiger partial charge in [0.1, 0.15) is 17.6 Å². The highest BCUT2D eigenvalue weighted by molar-refractivity contribution is 6.22. The van der Waals surface area contributed by atoms with Gasteiger partial charge in [-0.05, 0) is 43.2 Å². The van der Waals surface area contributed by atoms with Crippen LogP contribution in [0.3, 0.4) is 0 Å². The lowest BCUT2D eigenvalue weighted by atomic mass is 10.1. The molecular formula is C23H24FN3O4. The fourth-order valence-corrected chi connectivity index (χ4v) is 4.33. The second kappa shape index (κ2) is 8.75. The molecular weight excluding hydrogens is 401 g/mol. The Bertz CT molecular complexity index is 1010. The first kappa shape index (κ1) is 20.8. The number of ether oxygens (including phenoxy) is 1. The maximum atomic E-state index is 13.4. The summed E-state index contributed by atoms with van der Waals surface area (Å²) < 4.78 is 18.6. The van der Waals surface area contributed by atoms with E-state index in [1.165, 1.54) is 25.3 Å². The van der Waals surface area contributed by atoms with Crippen molar-refractivity contribution in [3.8, 4) is 5.75 Å². The van der Waals surface area contributed by atoms with Crippen molar-refractivity contribution in [2.24, 2.45) is 0 Å². The number of benzene rings is 2. The van der Waals surface area contributed by atoms with Crippen LogP contribution >= 0.6 is 0 Å². The molecule has 1 N–H and O–H groups in total. The number of carbonyl (C=O) groups excluding carboxylic acids is 3. The van der Waals surface area contributed by atoms with Crippen LogP contribution in [0.15, 0.2) is 48.5 Å². The van der Waals surface area contributed by atoms with Crippen LogP contribution in [0.4, 0.5) is 20.6 Å². The molecule has 2 fully saturated rings. The molecule has 0 unspecified atom stereocenters. The van der Waals surface area contributed by atoms with Gasteiger partial charge < -0.3 is 15.0 Å². The molecule has 1 saturated carbocycles. The highest BCUT2D eigenvalue weighted by Gasteiger charge is 2.49. The van der Waals surface area contributed by atoms with Crippen LogP contribution in [0.25, 0.3) is 0 Å². The van der Waals surface area contributed by atoms with E-state index in [1.54, 1.807) is 35.2 Å². The first-order valence-corrected chi connectivity index (χ1v) is 10.3.